The number of carbonyl (C=O) groups excluding carboxylic acids is 1. The maximum absolute atomic E-state index is 11.5. The zero-order valence-corrected chi connectivity index (χ0v) is 9.71. The lowest BCUT2D eigenvalue weighted by molar-refractivity contribution is -0.137. The Kier molecular flexibility index (Phi) is 5.90. The van der Waals surface area contributed by atoms with E-state index in [4.69, 9.17) is 5.11 Å². The summed E-state index contributed by atoms with van der Waals surface area (Å²) >= 11 is 0. The van der Waals surface area contributed by atoms with Gasteiger partial charge in [-0.1, -0.05) is 12.8 Å². The van der Waals surface area contributed by atoms with E-state index >= 15 is 0 Å². The fraction of sp³-hybridized carbons (Fsp3) is 0.833. The van der Waals surface area contributed by atoms with Gasteiger partial charge in [-0.3, -0.25) is 9.59 Å². The van der Waals surface area contributed by atoms with E-state index in [9.17, 15) is 9.59 Å². The molecule has 92 valence electrons. The minimum Gasteiger partial charge on any atom is -0.481 e. The van der Waals surface area contributed by atoms with Crippen LogP contribution >= 0.6 is 0 Å². The second kappa shape index (κ2) is 7.25. The Morgan fingerprint density at radius 2 is 1.88 bits per heavy atom. The number of carboxylic acids is 1. The molecule has 0 saturated heterocycles. The normalized spacial score (nSPS) is 16.2. The summed E-state index contributed by atoms with van der Waals surface area (Å²) in [5.41, 5.74) is 0. The van der Waals surface area contributed by atoms with Gasteiger partial charge in [0, 0.05) is 19.4 Å². The van der Waals surface area contributed by atoms with E-state index in [0.717, 1.165) is 6.42 Å². The summed E-state index contributed by atoms with van der Waals surface area (Å²) in [6, 6.07) is 0. The summed E-state index contributed by atoms with van der Waals surface area (Å²) in [5, 5.41) is 11.3. The van der Waals surface area contributed by atoms with Crippen LogP contribution < -0.4 is 5.32 Å². The summed E-state index contributed by atoms with van der Waals surface area (Å²) in [7, 11) is 0. The quantitative estimate of drug-likeness (QED) is 0.653. The molecule has 0 aliphatic heterocycles. The molecule has 16 heavy (non-hydrogen) atoms. The van der Waals surface area contributed by atoms with Crippen molar-refractivity contribution in [3.63, 3.8) is 0 Å². The molecule has 0 aromatic carbocycles. The number of aliphatic carboxylic acids is 1. The van der Waals surface area contributed by atoms with Gasteiger partial charge in [0.15, 0.2) is 0 Å². The van der Waals surface area contributed by atoms with Gasteiger partial charge < -0.3 is 10.4 Å². The molecule has 0 unspecified atom stereocenters. The van der Waals surface area contributed by atoms with Crippen LogP contribution in [0.4, 0.5) is 0 Å². The molecule has 1 rings (SSSR count). The van der Waals surface area contributed by atoms with Crippen LogP contribution in [0.5, 0.6) is 0 Å². The third-order valence-corrected chi connectivity index (χ3v) is 3.09. The fourth-order valence-corrected chi connectivity index (χ4v) is 2.18. The highest BCUT2D eigenvalue weighted by Crippen LogP contribution is 2.27. The van der Waals surface area contributed by atoms with Gasteiger partial charge in [0.2, 0.25) is 5.91 Å². The molecule has 0 bridgehead atoms. The van der Waals surface area contributed by atoms with Crippen molar-refractivity contribution in [1.29, 1.82) is 0 Å². The van der Waals surface area contributed by atoms with E-state index in [-0.39, 0.29) is 12.3 Å². The van der Waals surface area contributed by atoms with Crippen molar-refractivity contribution < 1.29 is 14.7 Å². The number of hydrogen-bond donors (Lipinski definition) is 2. The second-order valence-electron chi connectivity index (χ2n) is 4.56. The fourth-order valence-electron chi connectivity index (χ4n) is 2.18. The van der Waals surface area contributed by atoms with Gasteiger partial charge >= 0.3 is 5.97 Å². The molecule has 1 fully saturated rings. The van der Waals surface area contributed by atoms with Gasteiger partial charge in [0.1, 0.15) is 0 Å². The van der Waals surface area contributed by atoms with Crippen molar-refractivity contribution in [1.82, 2.24) is 5.32 Å². The molecule has 0 radical (unpaired) electrons. The van der Waals surface area contributed by atoms with Crippen molar-refractivity contribution in [2.45, 2.75) is 51.4 Å². The van der Waals surface area contributed by atoms with E-state index in [2.05, 4.69) is 5.32 Å². The molecule has 4 nitrogen and oxygen atoms in total. The SMILES string of the molecule is O=C(O)CCCCNC(=O)CC1CCCC1. The highest BCUT2D eigenvalue weighted by atomic mass is 16.4. The lowest BCUT2D eigenvalue weighted by Gasteiger charge is -2.09. The Morgan fingerprint density at radius 1 is 1.19 bits per heavy atom. The van der Waals surface area contributed by atoms with E-state index in [1.165, 1.54) is 25.7 Å². The van der Waals surface area contributed by atoms with Gasteiger partial charge in [-0.25, -0.2) is 0 Å². The first-order valence-corrected chi connectivity index (χ1v) is 6.17. The van der Waals surface area contributed by atoms with Gasteiger partial charge in [0.05, 0.1) is 0 Å². The Hall–Kier alpha value is -1.06. The number of unbranched alkanes of at least 4 members (excludes halogenated alkanes) is 1. The molecule has 1 amide bonds. The van der Waals surface area contributed by atoms with Crippen LogP contribution in [0.2, 0.25) is 0 Å². The third-order valence-electron chi connectivity index (χ3n) is 3.09. The molecule has 2 N–H and O–H groups in total. The number of nitrogens with one attached hydrogen (secondary N) is 1. The predicted octanol–water partition coefficient (Wildman–Crippen LogP) is 1.94. The lowest BCUT2D eigenvalue weighted by atomic mass is 10.0. The monoisotopic (exact) mass is 227 g/mol. The highest BCUT2D eigenvalue weighted by Gasteiger charge is 2.17. The summed E-state index contributed by atoms with van der Waals surface area (Å²) < 4.78 is 0. The van der Waals surface area contributed by atoms with Crippen LogP contribution in [-0.2, 0) is 9.59 Å². The van der Waals surface area contributed by atoms with E-state index in [1.807, 2.05) is 0 Å². The number of carboxylic acid groups (broad SMARTS) is 1. The molecule has 1 aliphatic carbocycles. The Morgan fingerprint density at radius 3 is 2.50 bits per heavy atom. The molecule has 1 aliphatic rings. The summed E-state index contributed by atoms with van der Waals surface area (Å²) in [4.78, 5) is 21.7. The Labute approximate surface area is 96.4 Å². The average molecular weight is 227 g/mol. The maximum atomic E-state index is 11.5. The first-order chi connectivity index (χ1) is 7.68. The van der Waals surface area contributed by atoms with Crippen LogP contribution in [0.3, 0.4) is 0 Å². The van der Waals surface area contributed by atoms with Crippen molar-refractivity contribution in [3.05, 3.63) is 0 Å². The van der Waals surface area contributed by atoms with E-state index in [0.29, 0.717) is 25.3 Å². The molecular weight excluding hydrogens is 206 g/mol. The second-order valence-corrected chi connectivity index (χ2v) is 4.56. The molecule has 1 saturated carbocycles. The first-order valence-electron chi connectivity index (χ1n) is 6.17. The van der Waals surface area contributed by atoms with Crippen LogP contribution in [0, 0.1) is 5.92 Å². The first kappa shape index (κ1) is 13.0. The van der Waals surface area contributed by atoms with E-state index < -0.39 is 5.97 Å². The summed E-state index contributed by atoms with van der Waals surface area (Å²) in [5.74, 6) is -0.0569. The summed E-state index contributed by atoms with van der Waals surface area (Å²) in [6.45, 7) is 0.610. The van der Waals surface area contributed by atoms with Crippen LogP contribution in [0.1, 0.15) is 51.4 Å². The van der Waals surface area contributed by atoms with Gasteiger partial charge in [-0.05, 0) is 31.6 Å². The zero-order valence-electron chi connectivity index (χ0n) is 9.71. The van der Waals surface area contributed by atoms with Gasteiger partial charge in [-0.2, -0.15) is 0 Å². The van der Waals surface area contributed by atoms with Crippen LogP contribution in [0.15, 0.2) is 0 Å². The largest absolute Gasteiger partial charge is 0.481 e. The van der Waals surface area contributed by atoms with Crippen molar-refractivity contribution in [2.24, 2.45) is 5.92 Å². The zero-order chi connectivity index (χ0) is 11.8. The number of rotatable bonds is 7. The average Bonchev–Trinajstić information content (AvgIpc) is 2.69. The standard InChI is InChI=1S/C12H21NO3/c14-11(9-10-5-1-2-6-10)13-8-4-3-7-12(15)16/h10H,1-9H2,(H,13,14)(H,15,16). The number of carbonyl (C=O) groups is 2. The maximum Gasteiger partial charge on any atom is 0.303 e. The Bertz CT molecular complexity index is 234. The minimum absolute atomic E-state index is 0.127. The van der Waals surface area contributed by atoms with E-state index in [1.54, 1.807) is 0 Å². The van der Waals surface area contributed by atoms with Gasteiger partial charge in [0.25, 0.3) is 0 Å². The highest BCUT2D eigenvalue weighted by molar-refractivity contribution is 5.76. The molecule has 0 aromatic heterocycles. The van der Waals surface area contributed by atoms with Crippen LogP contribution in [0.25, 0.3) is 0 Å². The molecule has 0 heterocycles. The van der Waals surface area contributed by atoms with Crippen molar-refractivity contribution in [3.8, 4) is 0 Å². The predicted molar refractivity (Wildman–Crippen MR) is 61.1 cm³/mol. The third kappa shape index (κ3) is 5.73. The molecule has 0 spiro atoms. The lowest BCUT2D eigenvalue weighted by Crippen LogP contribution is -2.26. The summed E-state index contributed by atoms with van der Waals surface area (Å²) in [6.07, 6.45) is 7.13. The molecular formula is C12H21NO3. The smallest absolute Gasteiger partial charge is 0.303 e. The van der Waals surface area contributed by atoms with Crippen molar-refractivity contribution in [2.75, 3.05) is 6.54 Å². The molecule has 0 aromatic rings. The molecule has 0 atom stereocenters. The number of amides is 1. The van der Waals surface area contributed by atoms with Crippen molar-refractivity contribution >= 4 is 11.9 Å². The number of hydrogen-bond acceptors (Lipinski definition) is 2. The van der Waals surface area contributed by atoms with Gasteiger partial charge in [-0.15, -0.1) is 0 Å². The Balaban J connectivity index is 1.95. The molecule has 4 heteroatoms. The topological polar surface area (TPSA) is 66.4 Å². The van der Waals surface area contributed by atoms with Crippen LogP contribution in [-0.4, -0.2) is 23.5 Å². The minimum atomic E-state index is -0.766.